The molecule has 0 amide bonds. The molecule has 6 aromatic rings. The molecule has 5 heteroatoms. The maximum absolute atomic E-state index is 13.6. The smallest absolute Gasteiger partial charge is 0.123 e. The van der Waals surface area contributed by atoms with Crippen LogP contribution >= 0.6 is 0 Å². The van der Waals surface area contributed by atoms with Gasteiger partial charge in [-0.2, -0.15) is 5.10 Å². The molecule has 194 valence electrons. The molecule has 1 aliphatic carbocycles. The predicted molar refractivity (Wildman–Crippen MR) is 158 cm³/mol. The Morgan fingerprint density at radius 2 is 1.50 bits per heavy atom. The molecule has 2 aromatic heterocycles. The van der Waals surface area contributed by atoms with Crippen molar-refractivity contribution in [3.05, 3.63) is 163 Å². The fraction of sp³-hybridized carbons (Fsp3) is 0.0857. The molecule has 7 rings (SSSR count). The summed E-state index contributed by atoms with van der Waals surface area (Å²) in [4.78, 5) is 4.57. The second-order valence-electron chi connectivity index (χ2n) is 10.1. The molecule has 0 saturated carbocycles. The number of hydrogen-bond donors (Lipinski definition) is 0. The van der Waals surface area contributed by atoms with Crippen LogP contribution in [-0.2, 0) is 5.54 Å². The van der Waals surface area contributed by atoms with Gasteiger partial charge in [0.1, 0.15) is 17.7 Å². The van der Waals surface area contributed by atoms with Crippen LogP contribution in [0.1, 0.15) is 17.5 Å². The monoisotopic (exact) mass is 522 g/mol. The van der Waals surface area contributed by atoms with Crippen molar-refractivity contribution in [2.45, 2.75) is 12.0 Å². The van der Waals surface area contributed by atoms with Gasteiger partial charge in [-0.05, 0) is 59.5 Å². The van der Waals surface area contributed by atoms with Gasteiger partial charge in [0.25, 0.3) is 0 Å². The average Bonchev–Trinajstić information content (AvgIpc) is 3.68. The molecule has 1 atom stereocenters. The summed E-state index contributed by atoms with van der Waals surface area (Å²) in [5.41, 5.74) is 6.58. The minimum Gasteiger partial charge on any atom is -0.299 e. The van der Waals surface area contributed by atoms with E-state index < -0.39 is 5.54 Å². The SMILES string of the molecule is Fc1ccc(-n2cnc3ccc(-c4cnn(C(c5ccccc5)(c5ccccc5)C5C=CC=CC5)c4)cc32)cc1. The lowest BCUT2D eigenvalue weighted by Gasteiger charge is -2.41. The van der Waals surface area contributed by atoms with Crippen molar-refractivity contribution >= 4 is 11.0 Å². The van der Waals surface area contributed by atoms with E-state index in [1.165, 1.54) is 23.3 Å². The molecule has 1 aliphatic rings. The van der Waals surface area contributed by atoms with Gasteiger partial charge >= 0.3 is 0 Å². The quantitative estimate of drug-likeness (QED) is 0.223. The number of benzene rings is 4. The summed E-state index contributed by atoms with van der Waals surface area (Å²) >= 11 is 0. The molecule has 2 heterocycles. The number of nitrogens with zero attached hydrogens (tertiary/aromatic N) is 4. The van der Waals surface area contributed by atoms with Gasteiger partial charge in [0.05, 0.1) is 17.2 Å². The Kier molecular flexibility index (Phi) is 5.97. The minimum atomic E-state index is -0.540. The highest BCUT2D eigenvalue weighted by molar-refractivity contribution is 5.83. The summed E-state index contributed by atoms with van der Waals surface area (Å²) in [6.07, 6.45) is 15.6. The van der Waals surface area contributed by atoms with Crippen LogP contribution < -0.4 is 0 Å². The Hall–Kier alpha value is -5.03. The van der Waals surface area contributed by atoms with Crippen molar-refractivity contribution in [1.82, 2.24) is 19.3 Å². The van der Waals surface area contributed by atoms with Crippen molar-refractivity contribution in [2.75, 3.05) is 0 Å². The lowest BCUT2D eigenvalue weighted by atomic mass is 9.70. The van der Waals surface area contributed by atoms with E-state index in [0.717, 1.165) is 34.3 Å². The molecule has 1 unspecified atom stereocenters. The number of rotatable bonds is 6. The first-order chi connectivity index (χ1) is 19.7. The standard InChI is InChI=1S/C35H27FN4/c36-31-17-19-32(20-18-31)39-25-37-33-21-16-26(22-34(33)39)27-23-38-40(24-27)35(28-10-4-1-5-11-28,29-12-6-2-7-13-29)30-14-8-3-9-15-30/h1-14,16-25,30H,15H2. The second-order valence-corrected chi connectivity index (χ2v) is 10.1. The molecule has 0 radical (unpaired) electrons. The summed E-state index contributed by atoms with van der Waals surface area (Å²) in [5, 5.41) is 5.05. The largest absolute Gasteiger partial charge is 0.299 e. The van der Waals surface area contributed by atoms with Crippen LogP contribution in [0.25, 0.3) is 27.8 Å². The fourth-order valence-corrected chi connectivity index (χ4v) is 5.96. The summed E-state index contributed by atoms with van der Waals surface area (Å²) in [5.74, 6) is -0.0951. The molecule has 0 fully saturated rings. The fourth-order valence-electron chi connectivity index (χ4n) is 5.96. The van der Waals surface area contributed by atoms with Gasteiger partial charge in [-0.15, -0.1) is 0 Å². The zero-order valence-corrected chi connectivity index (χ0v) is 21.8. The van der Waals surface area contributed by atoms with Crippen LogP contribution in [0.15, 0.2) is 146 Å². The van der Waals surface area contributed by atoms with Crippen LogP contribution in [0.5, 0.6) is 0 Å². The Bertz CT molecular complexity index is 1790. The lowest BCUT2D eigenvalue weighted by molar-refractivity contribution is 0.293. The third-order valence-electron chi connectivity index (χ3n) is 7.87. The Morgan fingerprint density at radius 1 is 0.775 bits per heavy atom. The highest BCUT2D eigenvalue weighted by atomic mass is 19.1. The molecular formula is C35H27FN4. The highest BCUT2D eigenvalue weighted by Gasteiger charge is 2.43. The Labute approximate surface area is 232 Å². The van der Waals surface area contributed by atoms with Crippen molar-refractivity contribution < 1.29 is 4.39 Å². The van der Waals surface area contributed by atoms with Crippen LogP contribution in [-0.4, -0.2) is 19.3 Å². The first-order valence-electron chi connectivity index (χ1n) is 13.5. The number of halogens is 1. The van der Waals surface area contributed by atoms with Crippen LogP contribution in [0.2, 0.25) is 0 Å². The first-order valence-corrected chi connectivity index (χ1v) is 13.5. The first kappa shape index (κ1) is 24.0. The van der Waals surface area contributed by atoms with E-state index in [1.54, 1.807) is 18.5 Å². The van der Waals surface area contributed by atoms with Gasteiger partial charge in [0.15, 0.2) is 0 Å². The molecule has 0 spiro atoms. The molecule has 4 aromatic carbocycles. The Morgan fingerprint density at radius 3 is 2.17 bits per heavy atom. The van der Waals surface area contributed by atoms with Crippen molar-refractivity contribution in [3.63, 3.8) is 0 Å². The zero-order chi connectivity index (χ0) is 26.9. The summed E-state index contributed by atoms with van der Waals surface area (Å²) in [6.45, 7) is 0. The third kappa shape index (κ3) is 3.98. The molecule has 0 saturated heterocycles. The van der Waals surface area contributed by atoms with E-state index in [0.29, 0.717) is 0 Å². The summed E-state index contributed by atoms with van der Waals surface area (Å²) in [7, 11) is 0. The maximum atomic E-state index is 13.6. The van der Waals surface area contributed by atoms with Gasteiger partial charge in [-0.25, -0.2) is 9.37 Å². The highest BCUT2D eigenvalue weighted by Crippen LogP contribution is 2.44. The van der Waals surface area contributed by atoms with E-state index >= 15 is 0 Å². The molecule has 4 nitrogen and oxygen atoms in total. The average molecular weight is 523 g/mol. The predicted octanol–water partition coefficient (Wildman–Crippen LogP) is 7.95. The van der Waals surface area contributed by atoms with E-state index in [2.05, 4.69) is 113 Å². The van der Waals surface area contributed by atoms with Crippen LogP contribution in [0.3, 0.4) is 0 Å². The number of aromatic nitrogens is 4. The number of hydrogen-bond acceptors (Lipinski definition) is 2. The molecule has 40 heavy (non-hydrogen) atoms. The van der Waals surface area contributed by atoms with Gasteiger partial charge < -0.3 is 0 Å². The van der Waals surface area contributed by atoms with Crippen molar-refractivity contribution in [1.29, 1.82) is 0 Å². The Balaban J connectivity index is 1.39. The van der Waals surface area contributed by atoms with Crippen molar-refractivity contribution in [2.24, 2.45) is 5.92 Å². The summed E-state index contributed by atoms with van der Waals surface area (Å²) < 4.78 is 17.7. The third-order valence-corrected chi connectivity index (χ3v) is 7.87. The normalized spacial score (nSPS) is 15.1. The molecule has 0 N–H and O–H groups in total. The van der Waals surface area contributed by atoms with Gasteiger partial charge in [-0.3, -0.25) is 9.25 Å². The van der Waals surface area contributed by atoms with Gasteiger partial charge in [-0.1, -0.05) is 91.0 Å². The number of imidazole rings is 1. The molecular weight excluding hydrogens is 495 g/mol. The zero-order valence-electron chi connectivity index (χ0n) is 21.8. The van der Waals surface area contributed by atoms with E-state index in [1.807, 2.05) is 16.8 Å². The van der Waals surface area contributed by atoms with Crippen molar-refractivity contribution in [3.8, 4) is 16.8 Å². The number of allylic oxidation sites excluding steroid dienone is 4. The lowest BCUT2D eigenvalue weighted by Crippen LogP contribution is -2.43. The van der Waals surface area contributed by atoms with Crippen LogP contribution in [0.4, 0.5) is 4.39 Å². The summed E-state index contributed by atoms with van der Waals surface area (Å²) in [6, 6.07) is 34.0. The van der Waals surface area contributed by atoms with E-state index in [9.17, 15) is 4.39 Å². The van der Waals surface area contributed by atoms with E-state index in [4.69, 9.17) is 5.10 Å². The van der Waals surface area contributed by atoms with Gasteiger partial charge in [0.2, 0.25) is 0 Å². The maximum Gasteiger partial charge on any atom is 0.123 e. The minimum absolute atomic E-state index is 0.164. The van der Waals surface area contributed by atoms with Crippen LogP contribution in [0, 0.1) is 11.7 Å². The topological polar surface area (TPSA) is 35.6 Å². The number of fused-ring (bicyclic) bond motifs is 1. The molecule has 0 bridgehead atoms. The molecule has 0 aliphatic heterocycles. The second kappa shape index (κ2) is 9.93. The van der Waals surface area contributed by atoms with E-state index in [-0.39, 0.29) is 11.7 Å². The van der Waals surface area contributed by atoms with Gasteiger partial charge in [0, 0.05) is 23.4 Å².